The Morgan fingerprint density at radius 3 is 2.97 bits per heavy atom. The fourth-order valence-electron chi connectivity index (χ4n) is 3.11. The molecule has 4 rings (SSSR count). The Balaban J connectivity index is 1.31. The molecule has 1 aliphatic carbocycles. The van der Waals surface area contributed by atoms with Crippen LogP contribution >= 0.6 is 23.1 Å². The van der Waals surface area contributed by atoms with Crippen LogP contribution in [0.15, 0.2) is 33.9 Å². The maximum atomic E-state index is 13.0. The number of fused-ring (bicyclic) bond motifs is 1. The van der Waals surface area contributed by atoms with Gasteiger partial charge in [-0.1, -0.05) is 11.8 Å². The molecule has 3 aromatic rings. The van der Waals surface area contributed by atoms with Gasteiger partial charge in [0.15, 0.2) is 6.10 Å². The third-order valence-corrected chi connectivity index (χ3v) is 6.53. The zero-order valence-corrected chi connectivity index (χ0v) is 17.6. The lowest BCUT2D eigenvalue weighted by molar-refractivity contribution is -0.113. The number of nitrogens with one attached hydrogen (secondary N) is 1. The van der Waals surface area contributed by atoms with Gasteiger partial charge < -0.3 is 14.5 Å². The van der Waals surface area contributed by atoms with Gasteiger partial charge in [0.05, 0.1) is 11.3 Å². The lowest BCUT2D eigenvalue weighted by atomic mass is 10.1. The average molecular weight is 445 g/mol. The minimum atomic E-state index is -0.530. The first-order valence-corrected chi connectivity index (χ1v) is 11.1. The van der Waals surface area contributed by atoms with Crippen LogP contribution < -0.4 is 10.1 Å². The molecule has 0 saturated carbocycles. The molecule has 0 saturated heterocycles. The predicted molar refractivity (Wildman–Crippen MR) is 110 cm³/mol. The Hall–Kier alpha value is -2.90. The fourth-order valence-corrected chi connectivity index (χ4v) is 4.94. The Labute approximate surface area is 180 Å². The van der Waals surface area contributed by atoms with Crippen LogP contribution in [0.4, 0.5) is 9.39 Å². The van der Waals surface area contributed by atoms with Gasteiger partial charge in [0, 0.05) is 4.88 Å². The second-order valence-electron chi connectivity index (χ2n) is 6.63. The van der Waals surface area contributed by atoms with Crippen LogP contribution in [-0.4, -0.2) is 21.9 Å². The normalized spacial score (nSPS) is 13.5. The number of thiophene rings is 1. The monoisotopic (exact) mass is 444 g/mol. The van der Waals surface area contributed by atoms with E-state index in [-0.39, 0.29) is 28.6 Å². The van der Waals surface area contributed by atoms with Crippen molar-refractivity contribution in [2.75, 3.05) is 11.1 Å². The van der Waals surface area contributed by atoms with E-state index >= 15 is 0 Å². The van der Waals surface area contributed by atoms with Crippen molar-refractivity contribution in [2.24, 2.45) is 0 Å². The number of carbonyl (C=O) groups is 1. The number of hydrogen-bond acceptors (Lipinski definition) is 8. The minimum Gasteiger partial charge on any atom is -0.481 e. The molecular formula is C20H17FN4O3S2. The van der Waals surface area contributed by atoms with Crippen molar-refractivity contribution in [2.45, 2.75) is 37.5 Å². The first kappa shape index (κ1) is 20.4. The molecule has 1 aromatic carbocycles. The van der Waals surface area contributed by atoms with Gasteiger partial charge >= 0.3 is 0 Å². The highest BCUT2D eigenvalue weighted by atomic mass is 32.2. The van der Waals surface area contributed by atoms with Crippen molar-refractivity contribution < 1.29 is 18.3 Å². The van der Waals surface area contributed by atoms with Gasteiger partial charge in [-0.3, -0.25) is 4.79 Å². The first-order chi connectivity index (χ1) is 14.5. The smallest absolute Gasteiger partial charge is 0.277 e. The van der Waals surface area contributed by atoms with Gasteiger partial charge in [-0.2, -0.15) is 5.26 Å². The zero-order valence-electron chi connectivity index (χ0n) is 16.0. The SMILES string of the molecule is CC(Oc1ccc(F)cc1)c1nnc(SCC(=O)Nc2sc3c(c2C#N)CCC3)o1. The van der Waals surface area contributed by atoms with Crippen molar-refractivity contribution in [3.05, 3.63) is 52.0 Å². The molecule has 1 unspecified atom stereocenters. The third kappa shape index (κ3) is 4.47. The van der Waals surface area contributed by atoms with E-state index < -0.39 is 6.10 Å². The van der Waals surface area contributed by atoms with E-state index in [1.54, 1.807) is 6.92 Å². The number of nitriles is 1. The molecule has 1 amide bonds. The highest BCUT2D eigenvalue weighted by Crippen LogP contribution is 2.38. The van der Waals surface area contributed by atoms with Crippen LogP contribution in [0.2, 0.25) is 0 Å². The van der Waals surface area contributed by atoms with E-state index in [1.165, 1.54) is 40.5 Å². The summed E-state index contributed by atoms with van der Waals surface area (Å²) in [6.45, 7) is 1.73. The quantitative estimate of drug-likeness (QED) is 0.535. The van der Waals surface area contributed by atoms with E-state index in [2.05, 4.69) is 21.6 Å². The number of amides is 1. The molecule has 7 nitrogen and oxygen atoms in total. The summed E-state index contributed by atoms with van der Waals surface area (Å²) >= 11 is 2.58. The number of nitrogens with zero attached hydrogens (tertiary/aromatic N) is 3. The summed E-state index contributed by atoms with van der Waals surface area (Å²) in [4.78, 5) is 13.5. The number of thioether (sulfide) groups is 1. The number of rotatable bonds is 7. The molecule has 0 spiro atoms. The van der Waals surface area contributed by atoms with Crippen molar-refractivity contribution in [1.82, 2.24) is 10.2 Å². The average Bonchev–Trinajstić information content (AvgIpc) is 3.44. The van der Waals surface area contributed by atoms with E-state index in [4.69, 9.17) is 9.15 Å². The summed E-state index contributed by atoms with van der Waals surface area (Å²) in [7, 11) is 0. The highest BCUT2D eigenvalue weighted by Gasteiger charge is 2.23. The number of aryl methyl sites for hydroxylation is 1. The second kappa shape index (κ2) is 8.85. The van der Waals surface area contributed by atoms with E-state index in [0.29, 0.717) is 16.3 Å². The van der Waals surface area contributed by atoms with E-state index in [0.717, 1.165) is 36.6 Å². The molecule has 0 aliphatic heterocycles. The van der Waals surface area contributed by atoms with Crippen LogP contribution in [0.5, 0.6) is 5.75 Å². The summed E-state index contributed by atoms with van der Waals surface area (Å²) in [6, 6.07) is 7.83. The first-order valence-electron chi connectivity index (χ1n) is 9.26. The molecule has 1 atom stereocenters. The largest absolute Gasteiger partial charge is 0.481 e. The molecule has 154 valence electrons. The summed E-state index contributed by atoms with van der Waals surface area (Å²) in [6.07, 6.45) is 2.38. The molecule has 0 radical (unpaired) electrons. The molecule has 1 N–H and O–H groups in total. The molecule has 1 aliphatic rings. The van der Waals surface area contributed by atoms with Crippen molar-refractivity contribution in [3.8, 4) is 11.8 Å². The Kier molecular flexibility index (Phi) is 6.01. The van der Waals surface area contributed by atoms with Crippen LogP contribution in [0.3, 0.4) is 0 Å². The highest BCUT2D eigenvalue weighted by molar-refractivity contribution is 7.99. The van der Waals surface area contributed by atoms with Gasteiger partial charge in [0.1, 0.15) is 22.6 Å². The lowest BCUT2D eigenvalue weighted by Gasteiger charge is -2.10. The molecule has 30 heavy (non-hydrogen) atoms. The number of carbonyl (C=O) groups excluding carboxylic acids is 1. The van der Waals surface area contributed by atoms with Gasteiger partial charge in [0.2, 0.25) is 5.91 Å². The minimum absolute atomic E-state index is 0.0717. The number of halogens is 1. The number of ether oxygens (including phenoxy) is 1. The van der Waals surface area contributed by atoms with Crippen LogP contribution in [0.1, 0.15) is 41.3 Å². The maximum Gasteiger partial charge on any atom is 0.277 e. The molecule has 0 fully saturated rings. The molecule has 0 bridgehead atoms. The number of benzene rings is 1. The predicted octanol–water partition coefficient (Wildman–Crippen LogP) is 4.50. The van der Waals surface area contributed by atoms with Gasteiger partial charge in [-0.15, -0.1) is 21.5 Å². The van der Waals surface area contributed by atoms with Crippen molar-refractivity contribution >= 4 is 34.0 Å². The molecular weight excluding hydrogens is 427 g/mol. The van der Waals surface area contributed by atoms with Crippen LogP contribution in [0.25, 0.3) is 0 Å². The molecule has 2 heterocycles. The van der Waals surface area contributed by atoms with E-state index in [1.807, 2.05) is 0 Å². The fraction of sp³-hybridized carbons (Fsp3) is 0.300. The summed E-state index contributed by atoms with van der Waals surface area (Å²) in [5.41, 5.74) is 1.65. The molecule has 2 aromatic heterocycles. The lowest BCUT2D eigenvalue weighted by Crippen LogP contribution is -2.14. The Bertz CT molecular complexity index is 1100. The van der Waals surface area contributed by atoms with Crippen molar-refractivity contribution in [3.63, 3.8) is 0 Å². The van der Waals surface area contributed by atoms with E-state index in [9.17, 15) is 14.4 Å². The van der Waals surface area contributed by atoms with Crippen LogP contribution in [0, 0.1) is 17.1 Å². The van der Waals surface area contributed by atoms with Gasteiger partial charge in [0.25, 0.3) is 11.1 Å². The number of anilines is 1. The topological polar surface area (TPSA) is 101 Å². The summed E-state index contributed by atoms with van der Waals surface area (Å²) in [5, 5.41) is 20.9. The van der Waals surface area contributed by atoms with Gasteiger partial charge in [-0.25, -0.2) is 4.39 Å². The number of hydrogen-bond donors (Lipinski definition) is 1. The zero-order chi connectivity index (χ0) is 21.1. The summed E-state index contributed by atoms with van der Waals surface area (Å²) in [5.74, 6) is 0.212. The van der Waals surface area contributed by atoms with Crippen LogP contribution in [-0.2, 0) is 17.6 Å². The maximum absolute atomic E-state index is 13.0. The third-order valence-electron chi connectivity index (χ3n) is 4.51. The standard InChI is InChI=1S/C20H17FN4O3S2/c1-11(27-13-7-5-12(21)6-8-13)18-24-25-20(28-18)29-10-17(26)23-19-15(9-22)14-3-2-4-16(14)30-19/h5-8,11H,2-4,10H2,1H3,(H,23,26). The second-order valence-corrected chi connectivity index (χ2v) is 8.66. The molecule has 10 heteroatoms. The van der Waals surface area contributed by atoms with Crippen molar-refractivity contribution in [1.29, 1.82) is 5.26 Å². The Morgan fingerprint density at radius 2 is 2.20 bits per heavy atom. The Morgan fingerprint density at radius 1 is 1.40 bits per heavy atom. The number of aromatic nitrogens is 2. The van der Waals surface area contributed by atoms with Gasteiger partial charge in [-0.05, 0) is 56.0 Å². The summed E-state index contributed by atoms with van der Waals surface area (Å²) < 4.78 is 24.2.